The van der Waals surface area contributed by atoms with Crippen molar-refractivity contribution in [3.05, 3.63) is 23.9 Å². The van der Waals surface area contributed by atoms with Gasteiger partial charge >= 0.3 is 6.18 Å². The molecule has 0 fully saturated rings. The lowest BCUT2D eigenvalue weighted by Crippen LogP contribution is -2.07. The Hall–Kier alpha value is -1.72. The van der Waals surface area contributed by atoms with Crippen molar-refractivity contribution in [2.75, 3.05) is 5.73 Å². The molecule has 0 unspecified atom stereocenters. The Labute approximate surface area is 83.3 Å². The number of anilines is 1. The average molecular weight is 215 g/mol. The highest BCUT2D eigenvalue weighted by atomic mass is 19.4. The lowest BCUT2D eigenvalue weighted by Gasteiger charge is -2.02. The molecule has 0 saturated heterocycles. The van der Waals surface area contributed by atoms with Gasteiger partial charge in [0.25, 0.3) is 0 Å². The van der Waals surface area contributed by atoms with Crippen LogP contribution in [0.3, 0.4) is 0 Å². The molecule has 0 saturated carbocycles. The Morgan fingerprint density at radius 1 is 1.33 bits per heavy atom. The fourth-order valence-electron chi connectivity index (χ4n) is 1.49. The zero-order valence-corrected chi connectivity index (χ0v) is 7.84. The van der Waals surface area contributed by atoms with Gasteiger partial charge in [0.05, 0.1) is 5.52 Å². The molecule has 2 N–H and O–H groups in total. The number of hydrogen-bond acceptors (Lipinski definition) is 2. The van der Waals surface area contributed by atoms with Crippen LogP contribution in [0.1, 0.15) is 5.69 Å². The summed E-state index contributed by atoms with van der Waals surface area (Å²) < 4.78 is 38.8. The molecule has 1 aromatic carbocycles. The third kappa shape index (κ3) is 1.51. The smallest absolute Gasteiger partial charge is 0.399 e. The first kappa shape index (κ1) is 9.82. The van der Waals surface area contributed by atoms with Gasteiger partial charge < -0.3 is 5.73 Å². The number of rotatable bonds is 0. The van der Waals surface area contributed by atoms with Crippen LogP contribution in [-0.4, -0.2) is 9.78 Å². The van der Waals surface area contributed by atoms with Crippen molar-refractivity contribution >= 4 is 16.6 Å². The summed E-state index contributed by atoms with van der Waals surface area (Å²) in [4.78, 5) is 0. The fourth-order valence-corrected chi connectivity index (χ4v) is 1.49. The molecule has 0 aliphatic heterocycles. The summed E-state index contributed by atoms with van der Waals surface area (Å²) in [5.74, 6) is 0. The van der Waals surface area contributed by atoms with Crippen LogP contribution in [0.5, 0.6) is 0 Å². The first-order chi connectivity index (χ1) is 6.89. The SMILES string of the molecule is Cn1nc(C(F)(F)F)c2cc(N)ccc21. The maximum atomic E-state index is 12.5. The highest BCUT2D eigenvalue weighted by Crippen LogP contribution is 2.34. The van der Waals surface area contributed by atoms with Gasteiger partial charge in [0, 0.05) is 18.1 Å². The van der Waals surface area contributed by atoms with Crippen molar-refractivity contribution in [2.45, 2.75) is 6.18 Å². The fraction of sp³-hybridized carbons (Fsp3) is 0.222. The predicted octanol–water partition coefficient (Wildman–Crippen LogP) is 2.17. The van der Waals surface area contributed by atoms with E-state index in [1.165, 1.54) is 23.9 Å². The quantitative estimate of drug-likeness (QED) is 0.684. The van der Waals surface area contributed by atoms with E-state index in [4.69, 9.17) is 5.73 Å². The second-order valence-corrected chi connectivity index (χ2v) is 3.25. The molecule has 1 aromatic heterocycles. The third-order valence-corrected chi connectivity index (χ3v) is 2.14. The Balaban J connectivity index is 2.81. The van der Waals surface area contributed by atoms with Crippen molar-refractivity contribution in [3.8, 4) is 0 Å². The van der Waals surface area contributed by atoms with E-state index in [1.807, 2.05) is 0 Å². The lowest BCUT2D eigenvalue weighted by molar-refractivity contribution is -0.140. The van der Waals surface area contributed by atoms with Crippen molar-refractivity contribution in [1.29, 1.82) is 0 Å². The summed E-state index contributed by atoms with van der Waals surface area (Å²) >= 11 is 0. The second kappa shape index (κ2) is 2.88. The van der Waals surface area contributed by atoms with Crippen LogP contribution in [0.15, 0.2) is 18.2 Å². The maximum absolute atomic E-state index is 12.5. The molecule has 0 atom stereocenters. The van der Waals surface area contributed by atoms with E-state index in [0.29, 0.717) is 11.2 Å². The van der Waals surface area contributed by atoms with Gasteiger partial charge in [-0.25, -0.2) is 0 Å². The van der Waals surface area contributed by atoms with E-state index >= 15 is 0 Å². The molecule has 2 rings (SSSR count). The standard InChI is InChI=1S/C9H8F3N3/c1-15-7-3-2-5(13)4-6(7)8(14-15)9(10,11)12/h2-4H,13H2,1H3. The van der Waals surface area contributed by atoms with Crippen molar-refractivity contribution in [2.24, 2.45) is 7.05 Å². The molecular weight excluding hydrogens is 207 g/mol. The molecule has 0 aliphatic carbocycles. The van der Waals surface area contributed by atoms with Gasteiger partial charge in [-0.05, 0) is 18.2 Å². The number of fused-ring (bicyclic) bond motifs is 1. The molecule has 80 valence electrons. The van der Waals surface area contributed by atoms with Crippen LogP contribution in [0.2, 0.25) is 0 Å². The first-order valence-electron chi connectivity index (χ1n) is 4.19. The van der Waals surface area contributed by atoms with Gasteiger partial charge in [0.2, 0.25) is 0 Å². The molecule has 0 bridgehead atoms. The Bertz CT molecular complexity index is 513. The summed E-state index contributed by atoms with van der Waals surface area (Å²) in [6, 6.07) is 4.35. The monoisotopic (exact) mass is 215 g/mol. The van der Waals surface area contributed by atoms with E-state index in [-0.39, 0.29) is 5.39 Å². The predicted molar refractivity (Wildman–Crippen MR) is 50.1 cm³/mol. The number of nitrogens with two attached hydrogens (primary N) is 1. The molecule has 1 heterocycles. The minimum absolute atomic E-state index is 0.0324. The van der Waals surface area contributed by atoms with Gasteiger partial charge in [-0.3, -0.25) is 4.68 Å². The minimum Gasteiger partial charge on any atom is -0.399 e. The lowest BCUT2D eigenvalue weighted by atomic mass is 10.2. The summed E-state index contributed by atoms with van der Waals surface area (Å²) in [5, 5.41) is 3.47. The van der Waals surface area contributed by atoms with Crippen LogP contribution in [0, 0.1) is 0 Å². The molecule has 0 radical (unpaired) electrons. The van der Waals surface area contributed by atoms with Gasteiger partial charge in [0.15, 0.2) is 5.69 Å². The van der Waals surface area contributed by atoms with E-state index in [1.54, 1.807) is 6.07 Å². The number of alkyl halides is 3. The number of halogens is 3. The van der Waals surface area contributed by atoms with Crippen molar-refractivity contribution in [3.63, 3.8) is 0 Å². The van der Waals surface area contributed by atoms with Crippen LogP contribution < -0.4 is 5.73 Å². The zero-order chi connectivity index (χ0) is 11.2. The molecule has 0 aliphatic rings. The molecule has 3 nitrogen and oxygen atoms in total. The molecule has 6 heteroatoms. The van der Waals surface area contributed by atoms with E-state index in [2.05, 4.69) is 5.10 Å². The van der Waals surface area contributed by atoms with Crippen LogP contribution >= 0.6 is 0 Å². The molecule has 0 spiro atoms. The second-order valence-electron chi connectivity index (χ2n) is 3.25. The van der Waals surface area contributed by atoms with Crippen LogP contribution in [-0.2, 0) is 13.2 Å². The highest BCUT2D eigenvalue weighted by molar-refractivity contribution is 5.85. The maximum Gasteiger partial charge on any atom is 0.435 e. The Kier molecular flexibility index (Phi) is 1.89. The zero-order valence-electron chi connectivity index (χ0n) is 7.84. The van der Waals surface area contributed by atoms with Crippen LogP contribution in [0.25, 0.3) is 10.9 Å². The summed E-state index contributed by atoms with van der Waals surface area (Å²) in [7, 11) is 1.47. The Morgan fingerprint density at radius 2 is 2.00 bits per heavy atom. The number of hydrogen-bond donors (Lipinski definition) is 1. The first-order valence-corrected chi connectivity index (χ1v) is 4.19. The van der Waals surface area contributed by atoms with E-state index in [0.717, 1.165) is 0 Å². The van der Waals surface area contributed by atoms with Crippen molar-refractivity contribution in [1.82, 2.24) is 9.78 Å². The highest BCUT2D eigenvalue weighted by Gasteiger charge is 2.36. The third-order valence-electron chi connectivity index (χ3n) is 2.14. The topological polar surface area (TPSA) is 43.8 Å². The van der Waals surface area contributed by atoms with Gasteiger partial charge in [0.1, 0.15) is 0 Å². The van der Waals surface area contributed by atoms with Gasteiger partial charge in [-0.1, -0.05) is 0 Å². The molecule has 2 aromatic rings. The van der Waals surface area contributed by atoms with Crippen molar-refractivity contribution < 1.29 is 13.2 Å². The largest absolute Gasteiger partial charge is 0.435 e. The number of benzene rings is 1. The normalized spacial score (nSPS) is 12.3. The minimum atomic E-state index is -4.45. The number of nitrogens with zero attached hydrogens (tertiary/aromatic N) is 2. The number of nitrogen functional groups attached to an aromatic ring is 1. The summed E-state index contributed by atoms with van der Waals surface area (Å²) in [5.41, 5.74) is 5.25. The average Bonchev–Trinajstić information content (AvgIpc) is 2.42. The molecule has 0 amide bonds. The summed E-state index contributed by atoms with van der Waals surface area (Å²) in [6.07, 6.45) is -4.45. The Morgan fingerprint density at radius 3 is 2.60 bits per heavy atom. The van der Waals surface area contributed by atoms with Crippen LogP contribution in [0.4, 0.5) is 18.9 Å². The van der Waals surface area contributed by atoms with Gasteiger partial charge in [-0.15, -0.1) is 0 Å². The molecular formula is C9H8F3N3. The van der Waals surface area contributed by atoms with E-state index < -0.39 is 11.9 Å². The number of aromatic nitrogens is 2. The van der Waals surface area contributed by atoms with E-state index in [9.17, 15) is 13.2 Å². The van der Waals surface area contributed by atoms with Gasteiger partial charge in [-0.2, -0.15) is 18.3 Å². The number of aryl methyl sites for hydroxylation is 1. The molecule has 15 heavy (non-hydrogen) atoms. The summed E-state index contributed by atoms with van der Waals surface area (Å²) in [6.45, 7) is 0.